The van der Waals surface area contributed by atoms with Crippen LogP contribution in [0.1, 0.15) is 0 Å². The number of nitrogens with two attached hydrogens (primary N) is 1. The number of benzene rings is 1. The van der Waals surface area contributed by atoms with Gasteiger partial charge in [0.15, 0.2) is 9.84 Å². The second kappa shape index (κ2) is 4.58. The zero-order valence-corrected chi connectivity index (χ0v) is 10.0. The standard InChI is InChI=1S/C9H10F3N3O2S/c1-18(16,17)7-4-2-6(3-5-7)15(14)8(13)9(10,11)12/h2-5,13H,14H2,1H3. The number of anilines is 1. The number of nitrogens with zero attached hydrogens (tertiary/aromatic N) is 1. The summed E-state index contributed by atoms with van der Waals surface area (Å²) in [5.41, 5.74) is -0.135. The van der Waals surface area contributed by atoms with Crippen LogP contribution in [0.15, 0.2) is 29.2 Å². The molecular weight excluding hydrogens is 271 g/mol. The van der Waals surface area contributed by atoms with E-state index in [1.165, 1.54) is 0 Å². The van der Waals surface area contributed by atoms with Gasteiger partial charge in [-0.3, -0.25) is 10.4 Å². The minimum Gasteiger partial charge on any atom is -0.279 e. The molecule has 1 aromatic rings. The molecule has 18 heavy (non-hydrogen) atoms. The molecule has 0 radical (unpaired) electrons. The SMILES string of the molecule is CS(=O)(=O)c1ccc(N(N)C(=N)C(F)(F)F)cc1. The summed E-state index contributed by atoms with van der Waals surface area (Å²) in [5.74, 6) is 3.38. The molecule has 0 heterocycles. The number of hydrogen-bond donors (Lipinski definition) is 2. The van der Waals surface area contributed by atoms with Crippen LogP contribution in [-0.2, 0) is 9.84 Å². The number of amidine groups is 1. The Hall–Kier alpha value is -1.61. The van der Waals surface area contributed by atoms with E-state index in [4.69, 9.17) is 11.3 Å². The summed E-state index contributed by atoms with van der Waals surface area (Å²) in [5, 5.41) is 6.95. The first-order valence-electron chi connectivity index (χ1n) is 4.54. The molecule has 0 aliphatic carbocycles. The largest absolute Gasteiger partial charge is 0.450 e. The molecule has 1 aromatic carbocycles. The quantitative estimate of drug-likeness (QED) is 0.370. The molecule has 0 aliphatic rings. The average Bonchev–Trinajstić information content (AvgIpc) is 2.25. The van der Waals surface area contributed by atoms with E-state index in [1.807, 2.05) is 0 Å². The van der Waals surface area contributed by atoms with Gasteiger partial charge in [0, 0.05) is 6.26 Å². The van der Waals surface area contributed by atoms with Crippen molar-refractivity contribution in [2.45, 2.75) is 11.1 Å². The third-order valence-corrected chi connectivity index (χ3v) is 3.18. The molecule has 100 valence electrons. The van der Waals surface area contributed by atoms with Crippen LogP contribution in [0.5, 0.6) is 0 Å². The molecule has 0 unspecified atom stereocenters. The Morgan fingerprint density at radius 1 is 1.28 bits per heavy atom. The van der Waals surface area contributed by atoms with Gasteiger partial charge < -0.3 is 0 Å². The van der Waals surface area contributed by atoms with Gasteiger partial charge in [-0.05, 0) is 24.3 Å². The van der Waals surface area contributed by atoms with Crippen LogP contribution in [0, 0.1) is 5.41 Å². The van der Waals surface area contributed by atoms with Gasteiger partial charge >= 0.3 is 6.18 Å². The summed E-state index contributed by atoms with van der Waals surface area (Å²) >= 11 is 0. The maximum Gasteiger partial charge on any atom is 0.450 e. The Labute approximate surface area is 101 Å². The average molecular weight is 281 g/mol. The van der Waals surface area contributed by atoms with Crippen molar-refractivity contribution in [2.75, 3.05) is 11.3 Å². The first kappa shape index (κ1) is 14.5. The Kier molecular flexibility index (Phi) is 3.67. The molecule has 9 heteroatoms. The highest BCUT2D eigenvalue weighted by molar-refractivity contribution is 7.90. The zero-order chi connectivity index (χ0) is 14.1. The lowest BCUT2D eigenvalue weighted by Crippen LogP contribution is -2.45. The summed E-state index contributed by atoms with van der Waals surface area (Å²) in [6.45, 7) is 0. The summed E-state index contributed by atoms with van der Waals surface area (Å²) in [6.07, 6.45) is -3.90. The maximum atomic E-state index is 12.2. The number of hydrazine groups is 1. The van der Waals surface area contributed by atoms with Crippen LogP contribution in [-0.4, -0.2) is 26.7 Å². The molecule has 0 saturated carbocycles. The Bertz CT molecular complexity index is 551. The highest BCUT2D eigenvalue weighted by atomic mass is 32.2. The topological polar surface area (TPSA) is 87.2 Å². The van der Waals surface area contributed by atoms with Gasteiger partial charge in [0.1, 0.15) is 0 Å². The van der Waals surface area contributed by atoms with Gasteiger partial charge in [0.05, 0.1) is 10.6 Å². The fraction of sp³-hybridized carbons (Fsp3) is 0.222. The predicted octanol–water partition coefficient (Wildman–Crippen LogP) is 1.31. The van der Waals surface area contributed by atoms with E-state index in [1.54, 1.807) is 0 Å². The summed E-state index contributed by atoms with van der Waals surface area (Å²) < 4.78 is 58.9. The molecule has 3 N–H and O–H groups in total. The van der Waals surface area contributed by atoms with Crippen LogP contribution in [0.2, 0.25) is 0 Å². The second-order valence-corrected chi connectivity index (χ2v) is 5.50. The molecule has 0 spiro atoms. The van der Waals surface area contributed by atoms with Gasteiger partial charge in [-0.1, -0.05) is 0 Å². The van der Waals surface area contributed by atoms with E-state index < -0.39 is 21.8 Å². The molecule has 0 amide bonds. The van der Waals surface area contributed by atoms with Gasteiger partial charge in [0.25, 0.3) is 0 Å². The van der Waals surface area contributed by atoms with Crippen molar-refractivity contribution in [1.82, 2.24) is 0 Å². The van der Waals surface area contributed by atoms with Crippen molar-refractivity contribution >= 4 is 21.4 Å². The molecule has 0 bridgehead atoms. The number of nitrogens with one attached hydrogen (secondary N) is 1. The first-order valence-corrected chi connectivity index (χ1v) is 6.43. The van der Waals surface area contributed by atoms with Crippen LogP contribution in [0.25, 0.3) is 0 Å². The van der Waals surface area contributed by atoms with E-state index >= 15 is 0 Å². The predicted molar refractivity (Wildman–Crippen MR) is 60.0 cm³/mol. The van der Waals surface area contributed by atoms with E-state index in [0.717, 1.165) is 30.5 Å². The van der Waals surface area contributed by atoms with Crippen LogP contribution in [0.4, 0.5) is 18.9 Å². The van der Waals surface area contributed by atoms with E-state index in [2.05, 4.69) is 0 Å². The molecule has 0 saturated heterocycles. The van der Waals surface area contributed by atoms with E-state index in [-0.39, 0.29) is 15.6 Å². The van der Waals surface area contributed by atoms with E-state index in [0.29, 0.717) is 0 Å². The smallest absolute Gasteiger partial charge is 0.279 e. The minimum absolute atomic E-state index is 0.0433. The zero-order valence-electron chi connectivity index (χ0n) is 9.19. The van der Waals surface area contributed by atoms with Crippen molar-refractivity contribution in [1.29, 1.82) is 5.41 Å². The molecule has 0 atom stereocenters. The fourth-order valence-electron chi connectivity index (χ4n) is 1.12. The van der Waals surface area contributed by atoms with Crippen LogP contribution >= 0.6 is 0 Å². The lowest BCUT2D eigenvalue weighted by atomic mass is 10.3. The number of alkyl halides is 3. The summed E-state index contributed by atoms with van der Waals surface area (Å²) in [7, 11) is -3.43. The minimum atomic E-state index is -4.87. The maximum absolute atomic E-state index is 12.2. The monoisotopic (exact) mass is 281 g/mol. The fourth-order valence-corrected chi connectivity index (χ4v) is 1.75. The second-order valence-electron chi connectivity index (χ2n) is 3.48. The Morgan fingerprint density at radius 2 is 1.72 bits per heavy atom. The van der Waals surface area contributed by atoms with Crippen LogP contribution in [0.3, 0.4) is 0 Å². The number of rotatable bonds is 2. The lowest BCUT2D eigenvalue weighted by molar-refractivity contribution is -0.0610. The Morgan fingerprint density at radius 3 is 2.06 bits per heavy atom. The molecule has 0 aromatic heterocycles. The summed E-state index contributed by atoms with van der Waals surface area (Å²) in [6, 6.07) is 4.43. The third kappa shape index (κ3) is 3.20. The van der Waals surface area contributed by atoms with Gasteiger partial charge in [0.2, 0.25) is 5.84 Å². The molecular formula is C9H10F3N3O2S. The third-order valence-electron chi connectivity index (χ3n) is 2.05. The van der Waals surface area contributed by atoms with Crippen molar-refractivity contribution in [3.05, 3.63) is 24.3 Å². The van der Waals surface area contributed by atoms with Crippen molar-refractivity contribution in [3.8, 4) is 0 Å². The van der Waals surface area contributed by atoms with Crippen molar-refractivity contribution in [2.24, 2.45) is 5.84 Å². The number of halogens is 3. The molecule has 0 fully saturated rings. The molecule has 0 aliphatic heterocycles. The Balaban J connectivity index is 3.03. The van der Waals surface area contributed by atoms with Crippen molar-refractivity contribution < 1.29 is 21.6 Å². The number of sulfone groups is 1. The van der Waals surface area contributed by atoms with Crippen molar-refractivity contribution in [3.63, 3.8) is 0 Å². The normalized spacial score (nSPS) is 12.3. The highest BCUT2D eigenvalue weighted by Gasteiger charge is 2.38. The van der Waals surface area contributed by atoms with Gasteiger partial charge in [-0.15, -0.1) is 0 Å². The molecule has 1 rings (SSSR count). The van der Waals surface area contributed by atoms with Crippen LogP contribution < -0.4 is 10.9 Å². The first-order chi connectivity index (χ1) is 8.03. The lowest BCUT2D eigenvalue weighted by Gasteiger charge is -2.20. The summed E-state index contributed by atoms with van der Waals surface area (Å²) in [4.78, 5) is -0.0433. The highest BCUT2D eigenvalue weighted by Crippen LogP contribution is 2.22. The molecule has 5 nitrogen and oxygen atoms in total. The van der Waals surface area contributed by atoms with Gasteiger partial charge in [-0.2, -0.15) is 13.2 Å². The number of hydrogen-bond acceptors (Lipinski definition) is 4. The van der Waals surface area contributed by atoms with Gasteiger partial charge in [-0.25, -0.2) is 14.3 Å². The van der Waals surface area contributed by atoms with E-state index in [9.17, 15) is 21.6 Å².